The maximum Gasteiger partial charge on any atom is 0.137 e. The smallest absolute Gasteiger partial charge is 0.137 e. The van der Waals surface area contributed by atoms with E-state index in [9.17, 15) is 5.26 Å². The monoisotopic (exact) mass is 859 g/mol. The Kier molecular flexibility index (Phi) is 8.55. The molecular weight excluding hydrogens is 819 g/mol. The van der Waals surface area contributed by atoms with Crippen LogP contribution in [0.2, 0.25) is 0 Å². The molecule has 0 unspecified atom stereocenters. The van der Waals surface area contributed by atoms with E-state index in [0.717, 1.165) is 101 Å². The van der Waals surface area contributed by atoms with Crippen molar-refractivity contribution in [3.63, 3.8) is 0 Å². The van der Waals surface area contributed by atoms with E-state index < -0.39 is 0 Å². The molecule has 2 heterocycles. The van der Waals surface area contributed by atoms with E-state index >= 15 is 0 Å². The van der Waals surface area contributed by atoms with Crippen molar-refractivity contribution in [3.8, 4) is 73.6 Å². The van der Waals surface area contributed by atoms with Crippen LogP contribution in [0.25, 0.3) is 55.3 Å². The Balaban J connectivity index is 0.937. The lowest BCUT2D eigenvalue weighted by Gasteiger charge is -2.31. The first-order valence-corrected chi connectivity index (χ1v) is 22.7. The molecule has 13 rings (SSSR count). The molecule has 10 aromatic rings. The van der Waals surface area contributed by atoms with Crippen molar-refractivity contribution >= 4 is 44.9 Å². The van der Waals surface area contributed by atoms with Crippen LogP contribution in [0.15, 0.2) is 212 Å². The van der Waals surface area contributed by atoms with Gasteiger partial charge in [-0.25, -0.2) is 0 Å². The van der Waals surface area contributed by atoms with E-state index in [1.165, 1.54) is 22.3 Å². The first kappa shape index (κ1) is 38.6. The number of nitrogens with zero attached hydrogens (tertiary/aromatic N) is 3. The predicted octanol–water partition coefficient (Wildman–Crippen LogP) is 17.2. The third-order valence-corrected chi connectivity index (χ3v) is 13.9. The van der Waals surface area contributed by atoms with E-state index in [1.807, 2.05) is 42.5 Å². The molecule has 0 saturated carbocycles. The number of benzene rings is 10. The Morgan fingerprint density at radius 1 is 0.373 bits per heavy atom. The maximum atomic E-state index is 10.1. The summed E-state index contributed by atoms with van der Waals surface area (Å²) in [4.78, 5) is 4.57. The number of rotatable bonds is 7. The Morgan fingerprint density at radius 2 is 0.866 bits per heavy atom. The highest BCUT2D eigenvalue weighted by Gasteiger charge is 2.36. The first-order chi connectivity index (χ1) is 32.9. The van der Waals surface area contributed by atoms with E-state index in [0.29, 0.717) is 5.56 Å². The third kappa shape index (κ3) is 6.00. The quantitative estimate of drug-likeness (QED) is 0.160. The zero-order valence-electron chi connectivity index (χ0n) is 36.9. The van der Waals surface area contributed by atoms with Gasteiger partial charge in [0, 0.05) is 73.4 Å². The third-order valence-electron chi connectivity index (χ3n) is 13.9. The molecule has 316 valence electrons. The molecular formula is C62H41N3O2. The van der Waals surface area contributed by atoms with Crippen LogP contribution in [0.4, 0.5) is 34.1 Å². The van der Waals surface area contributed by atoms with Gasteiger partial charge >= 0.3 is 0 Å². The molecule has 0 amide bonds. The molecule has 5 heteroatoms. The van der Waals surface area contributed by atoms with Crippen LogP contribution in [0.3, 0.4) is 0 Å². The van der Waals surface area contributed by atoms with Crippen LogP contribution in [-0.2, 0) is 5.41 Å². The van der Waals surface area contributed by atoms with Crippen molar-refractivity contribution in [1.29, 1.82) is 5.26 Å². The van der Waals surface area contributed by atoms with Crippen LogP contribution in [0.1, 0.15) is 30.5 Å². The van der Waals surface area contributed by atoms with Gasteiger partial charge in [0.2, 0.25) is 0 Å². The second-order valence-corrected chi connectivity index (χ2v) is 18.0. The summed E-state index contributed by atoms with van der Waals surface area (Å²) in [5.74, 6) is 3.17. The Hall–Kier alpha value is -8.85. The van der Waals surface area contributed by atoms with E-state index in [4.69, 9.17) is 9.47 Å². The number of hydrogen-bond acceptors (Lipinski definition) is 5. The highest BCUT2D eigenvalue weighted by molar-refractivity contribution is 6.14. The average Bonchev–Trinajstić information content (AvgIpc) is 3.61. The highest BCUT2D eigenvalue weighted by atomic mass is 16.5. The minimum absolute atomic E-state index is 0.195. The second kappa shape index (κ2) is 14.9. The lowest BCUT2D eigenvalue weighted by Crippen LogP contribution is -2.17. The van der Waals surface area contributed by atoms with Crippen molar-refractivity contribution in [3.05, 3.63) is 229 Å². The number of nitriles is 1. The number of hydrogen-bond donors (Lipinski definition) is 0. The number of para-hydroxylation sites is 2. The van der Waals surface area contributed by atoms with Gasteiger partial charge in [0.1, 0.15) is 23.0 Å². The van der Waals surface area contributed by atoms with Crippen molar-refractivity contribution in [2.24, 2.45) is 0 Å². The maximum absolute atomic E-state index is 10.1. The average molecular weight is 860 g/mol. The van der Waals surface area contributed by atoms with E-state index in [1.54, 1.807) is 0 Å². The van der Waals surface area contributed by atoms with Crippen molar-refractivity contribution in [2.45, 2.75) is 19.3 Å². The molecule has 1 aliphatic carbocycles. The molecule has 3 aliphatic rings. The number of anilines is 6. The summed E-state index contributed by atoms with van der Waals surface area (Å²) in [5.41, 5.74) is 17.9. The standard InChI is InChI=1S/C62H41N3O2/c1-62(2)53-21-13-12-20-46(53)47-26-23-43(35-54(47)62)65(55-31-22-39(38-63)34-52(55)40-14-6-3-7-15-40)45-25-28-49-51-30-32-56-60-50(29-33-57(61(51)60)67-59(49)37-45)48-27-24-44(36-58(48)66-56)64(41-16-8-4-9-17-41)42-18-10-5-11-19-42/h3-37H,1-2H3. The van der Waals surface area contributed by atoms with Gasteiger partial charge < -0.3 is 19.3 Å². The molecule has 67 heavy (non-hydrogen) atoms. The largest absolute Gasteiger partial charge is 0.456 e. The number of ether oxygens (including phenoxy) is 2. The summed E-state index contributed by atoms with van der Waals surface area (Å²) in [5, 5.41) is 12.2. The molecule has 0 spiro atoms. The van der Waals surface area contributed by atoms with Crippen LogP contribution in [0, 0.1) is 11.3 Å². The fourth-order valence-electron chi connectivity index (χ4n) is 10.7. The van der Waals surface area contributed by atoms with Crippen molar-refractivity contribution in [1.82, 2.24) is 0 Å². The first-order valence-electron chi connectivity index (χ1n) is 22.7. The summed E-state index contributed by atoms with van der Waals surface area (Å²) < 4.78 is 13.8. The van der Waals surface area contributed by atoms with Crippen LogP contribution in [0.5, 0.6) is 23.0 Å². The Labute approximate surface area is 389 Å². The van der Waals surface area contributed by atoms with Gasteiger partial charge in [0.15, 0.2) is 0 Å². The Bertz CT molecular complexity index is 3650. The molecule has 0 aromatic heterocycles. The SMILES string of the molecule is CC1(C)c2ccccc2-c2ccc(N(c3ccc4c(c3)Oc3ccc5c6c(ccc-4c36)Oc3cc(N(c4ccccc4)c4ccccc4)ccc3-5)c3ccc(C#N)cc3-c3ccccc3)cc21. The topological polar surface area (TPSA) is 48.7 Å². The minimum Gasteiger partial charge on any atom is -0.456 e. The van der Waals surface area contributed by atoms with Gasteiger partial charge in [-0.2, -0.15) is 5.26 Å². The summed E-state index contributed by atoms with van der Waals surface area (Å²) >= 11 is 0. The van der Waals surface area contributed by atoms with Gasteiger partial charge in [0.05, 0.1) is 17.3 Å². The Morgan fingerprint density at radius 3 is 1.46 bits per heavy atom. The molecule has 2 aliphatic heterocycles. The van der Waals surface area contributed by atoms with Crippen molar-refractivity contribution < 1.29 is 9.47 Å². The fourth-order valence-corrected chi connectivity index (χ4v) is 10.7. The molecule has 0 saturated heterocycles. The normalized spacial score (nSPS) is 13.0. The van der Waals surface area contributed by atoms with Crippen LogP contribution < -0.4 is 19.3 Å². The van der Waals surface area contributed by atoms with Gasteiger partial charge in [-0.15, -0.1) is 0 Å². The predicted molar refractivity (Wildman–Crippen MR) is 272 cm³/mol. The molecule has 0 bridgehead atoms. The van der Waals surface area contributed by atoms with E-state index in [2.05, 4.69) is 200 Å². The molecule has 10 aromatic carbocycles. The summed E-state index contributed by atoms with van der Waals surface area (Å²) in [6, 6.07) is 76.8. The molecule has 0 N–H and O–H groups in total. The molecule has 0 radical (unpaired) electrons. The lowest BCUT2D eigenvalue weighted by atomic mass is 9.82. The molecule has 0 fully saturated rings. The lowest BCUT2D eigenvalue weighted by molar-refractivity contribution is 0.480. The van der Waals surface area contributed by atoms with Crippen LogP contribution >= 0.6 is 0 Å². The molecule has 5 nitrogen and oxygen atoms in total. The van der Waals surface area contributed by atoms with Gasteiger partial charge in [-0.3, -0.25) is 0 Å². The summed E-state index contributed by atoms with van der Waals surface area (Å²) in [6.07, 6.45) is 0. The number of fused-ring (bicyclic) bond motifs is 7. The molecule has 0 atom stereocenters. The zero-order chi connectivity index (χ0) is 44.8. The van der Waals surface area contributed by atoms with E-state index in [-0.39, 0.29) is 5.41 Å². The van der Waals surface area contributed by atoms with Gasteiger partial charge in [0.25, 0.3) is 0 Å². The summed E-state index contributed by atoms with van der Waals surface area (Å²) in [7, 11) is 0. The zero-order valence-corrected chi connectivity index (χ0v) is 36.9. The van der Waals surface area contributed by atoms with Crippen LogP contribution in [-0.4, -0.2) is 0 Å². The van der Waals surface area contributed by atoms with Gasteiger partial charge in [-0.1, -0.05) is 111 Å². The van der Waals surface area contributed by atoms with Crippen molar-refractivity contribution in [2.75, 3.05) is 9.80 Å². The van der Waals surface area contributed by atoms with Gasteiger partial charge in [-0.05, 0) is 142 Å². The highest BCUT2D eigenvalue weighted by Crippen LogP contribution is 2.57. The fraction of sp³-hybridized carbons (Fsp3) is 0.0484. The second-order valence-electron chi connectivity index (χ2n) is 18.0. The summed E-state index contributed by atoms with van der Waals surface area (Å²) in [6.45, 7) is 4.63. The minimum atomic E-state index is -0.195.